The van der Waals surface area contributed by atoms with Crippen molar-refractivity contribution in [1.82, 2.24) is 10.3 Å². The summed E-state index contributed by atoms with van der Waals surface area (Å²) < 4.78 is 0. The van der Waals surface area contributed by atoms with Crippen LogP contribution in [0.15, 0.2) is 24.5 Å². The highest BCUT2D eigenvalue weighted by atomic mass is 16.2. The van der Waals surface area contributed by atoms with Crippen molar-refractivity contribution in [2.24, 2.45) is 11.1 Å². The number of rotatable bonds is 5. The van der Waals surface area contributed by atoms with E-state index in [9.17, 15) is 4.79 Å². The average molecular weight is 235 g/mol. The minimum Gasteiger partial charge on any atom is -0.349 e. The van der Waals surface area contributed by atoms with Crippen LogP contribution in [-0.2, 0) is 4.79 Å². The Morgan fingerprint density at radius 1 is 1.65 bits per heavy atom. The van der Waals surface area contributed by atoms with E-state index in [2.05, 4.69) is 10.3 Å². The van der Waals surface area contributed by atoms with Crippen LogP contribution in [0.3, 0.4) is 0 Å². The van der Waals surface area contributed by atoms with E-state index in [1.165, 1.54) is 0 Å². The molecule has 0 aromatic carbocycles. The fraction of sp³-hybridized carbons (Fsp3) is 0.538. The van der Waals surface area contributed by atoms with Gasteiger partial charge in [-0.05, 0) is 31.9 Å². The fourth-order valence-electron chi connectivity index (χ4n) is 1.48. The highest BCUT2D eigenvalue weighted by Crippen LogP contribution is 2.21. The van der Waals surface area contributed by atoms with E-state index in [1.54, 1.807) is 12.4 Å². The second-order valence-electron chi connectivity index (χ2n) is 4.60. The predicted octanol–water partition coefficient (Wildman–Crippen LogP) is 1.63. The average Bonchev–Trinajstić information content (AvgIpc) is 2.38. The summed E-state index contributed by atoms with van der Waals surface area (Å²) in [5, 5.41) is 2.98. The lowest BCUT2D eigenvalue weighted by molar-refractivity contribution is -0.130. The van der Waals surface area contributed by atoms with E-state index in [1.807, 2.05) is 32.9 Å². The Bertz CT molecular complexity index is 360. The molecule has 94 valence electrons. The van der Waals surface area contributed by atoms with E-state index in [0.717, 1.165) is 12.0 Å². The van der Waals surface area contributed by atoms with E-state index in [4.69, 9.17) is 5.73 Å². The number of hydrogen-bond acceptors (Lipinski definition) is 3. The van der Waals surface area contributed by atoms with Crippen LogP contribution in [0, 0.1) is 5.41 Å². The SMILES string of the molecule is CCC(C)(CN)C(=O)NC(C)c1cccnc1. The van der Waals surface area contributed by atoms with Crippen molar-refractivity contribution in [3.05, 3.63) is 30.1 Å². The lowest BCUT2D eigenvalue weighted by Gasteiger charge is -2.27. The summed E-state index contributed by atoms with van der Waals surface area (Å²) in [7, 11) is 0. The number of nitrogens with two attached hydrogens (primary N) is 1. The molecule has 0 saturated heterocycles. The van der Waals surface area contributed by atoms with Crippen molar-refractivity contribution in [2.75, 3.05) is 6.54 Å². The van der Waals surface area contributed by atoms with Gasteiger partial charge in [0.25, 0.3) is 0 Å². The Morgan fingerprint density at radius 3 is 2.82 bits per heavy atom. The summed E-state index contributed by atoms with van der Waals surface area (Å²) in [6.45, 7) is 6.16. The first kappa shape index (κ1) is 13.6. The molecule has 0 bridgehead atoms. The maximum atomic E-state index is 12.1. The van der Waals surface area contributed by atoms with Crippen molar-refractivity contribution >= 4 is 5.91 Å². The van der Waals surface area contributed by atoms with Gasteiger partial charge in [0, 0.05) is 18.9 Å². The zero-order valence-corrected chi connectivity index (χ0v) is 10.7. The van der Waals surface area contributed by atoms with Gasteiger partial charge < -0.3 is 11.1 Å². The third-order valence-corrected chi connectivity index (χ3v) is 3.31. The molecule has 0 fully saturated rings. The number of carbonyl (C=O) groups excluding carboxylic acids is 1. The summed E-state index contributed by atoms with van der Waals surface area (Å²) in [6, 6.07) is 3.76. The first-order valence-electron chi connectivity index (χ1n) is 5.94. The number of amides is 1. The molecule has 4 nitrogen and oxygen atoms in total. The predicted molar refractivity (Wildman–Crippen MR) is 68.2 cm³/mol. The number of hydrogen-bond donors (Lipinski definition) is 2. The maximum absolute atomic E-state index is 12.1. The lowest BCUT2D eigenvalue weighted by Crippen LogP contribution is -2.44. The summed E-state index contributed by atoms with van der Waals surface area (Å²) in [5.41, 5.74) is 6.17. The molecule has 1 aromatic rings. The Balaban J connectivity index is 2.69. The zero-order chi connectivity index (χ0) is 12.9. The topological polar surface area (TPSA) is 68.0 Å². The van der Waals surface area contributed by atoms with Crippen LogP contribution in [0.25, 0.3) is 0 Å². The van der Waals surface area contributed by atoms with Gasteiger partial charge in [-0.1, -0.05) is 13.0 Å². The van der Waals surface area contributed by atoms with Gasteiger partial charge in [0.15, 0.2) is 0 Å². The van der Waals surface area contributed by atoms with Crippen molar-refractivity contribution in [2.45, 2.75) is 33.2 Å². The molecule has 1 heterocycles. The van der Waals surface area contributed by atoms with Crippen molar-refractivity contribution in [3.63, 3.8) is 0 Å². The van der Waals surface area contributed by atoms with E-state index in [0.29, 0.717) is 6.54 Å². The maximum Gasteiger partial charge on any atom is 0.227 e. The molecule has 4 heteroatoms. The molecule has 0 spiro atoms. The third-order valence-electron chi connectivity index (χ3n) is 3.31. The molecular formula is C13H21N3O. The van der Waals surface area contributed by atoms with Gasteiger partial charge in [0.05, 0.1) is 11.5 Å². The quantitative estimate of drug-likeness (QED) is 0.815. The van der Waals surface area contributed by atoms with Crippen LogP contribution >= 0.6 is 0 Å². The Morgan fingerprint density at radius 2 is 2.35 bits per heavy atom. The second-order valence-corrected chi connectivity index (χ2v) is 4.60. The van der Waals surface area contributed by atoms with Crippen LogP contribution in [0.5, 0.6) is 0 Å². The van der Waals surface area contributed by atoms with Crippen LogP contribution in [0.2, 0.25) is 0 Å². The number of aromatic nitrogens is 1. The van der Waals surface area contributed by atoms with E-state index >= 15 is 0 Å². The normalized spacial score (nSPS) is 16.0. The molecule has 0 aliphatic rings. The molecule has 2 unspecified atom stereocenters. The standard InChI is InChI=1S/C13H21N3O/c1-4-13(3,9-14)12(17)16-10(2)11-6-5-7-15-8-11/h5-8,10H,4,9,14H2,1-3H3,(H,16,17). The van der Waals surface area contributed by atoms with Crippen LogP contribution < -0.4 is 11.1 Å². The molecule has 17 heavy (non-hydrogen) atoms. The molecule has 3 N–H and O–H groups in total. The van der Waals surface area contributed by atoms with Gasteiger partial charge in [0.2, 0.25) is 5.91 Å². The highest BCUT2D eigenvalue weighted by molar-refractivity contribution is 5.82. The molecule has 2 atom stereocenters. The van der Waals surface area contributed by atoms with Gasteiger partial charge in [0.1, 0.15) is 0 Å². The van der Waals surface area contributed by atoms with E-state index in [-0.39, 0.29) is 11.9 Å². The smallest absolute Gasteiger partial charge is 0.227 e. The minimum absolute atomic E-state index is 0.00106. The van der Waals surface area contributed by atoms with Crippen LogP contribution in [-0.4, -0.2) is 17.4 Å². The van der Waals surface area contributed by atoms with Gasteiger partial charge in [-0.2, -0.15) is 0 Å². The molecule has 0 aliphatic heterocycles. The van der Waals surface area contributed by atoms with Gasteiger partial charge in [-0.3, -0.25) is 9.78 Å². The number of nitrogens with zero attached hydrogens (tertiary/aromatic N) is 1. The summed E-state index contributed by atoms with van der Waals surface area (Å²) in [4.78, 5) is 16.1. The Hall–Kier alpha value is -1.42. The fourth-order valence-corrected chi connectivity index (χ4v) is 1.48. The number of pyridine rings is 1. The molecule has 1 amide bonds. The molecule has 0 saturated carbocycles. The first-order valence-corrected chi connectivity index (χ1v) is 5.94. The van der Waals surface area contributed by atoms with Crippen LogP contribution in [0.4, 0.5) is 0 Å². The van der Waals surface area contributed by atoms with Gasteiger partial charge in [-0.15, -0.1) is 0 Å². The molecule has 0 radical (unpaired) electrons. The highest BCUT2D eigenvalue weighted by Gasteiger charge is 2.30. The monoisotopic (exact) mass is 235 g/mol. The zero-order valence-electron chi connectivity index (χ0n) is 10.7. The largest absolute Gasteiger partial charge is 0.349 e. The van der Waals surface area contributed by atoms with Gasteiger partial charge in [-0.25, -0.2) is 0 Å². The summed E-state index contributed by atoms with van der Waals surface area (Å²) >= 11 is 0. The summed E-state index contributed by atoms with van der Waals surface area (Å²) in [5.74, 6) is -0.00106. The number of carbonyl (C=O) groups is 1. The van der Waals surface area contributed by atoms with Crippen molar-refractivity contribution in [3.8, 4) is 0 Å². The third kappa shape index (κ3) is 3.27. The Kier molecular flexibility index (Phi) is 4.63. The van der Waals surface area contributed by atoms with Crippen molar-refractivity contribution in [1.29, 1.82) is 0 Å². The lowest BCUT2D eigenvalue weighted by atomic mass is 9.86. The Labute approximate surface area is 103 Å². The first-order chi connectivity index (χ1) is 8.03. The van der Waals surface area contributed by atoms with Gasteiger partial charge >= 0.3 is 0 Å². The molecule has 0 aliphatic carbocycles. The van der Waals surface area contributed by atoms with E-state index < -0.39 is 5.41 Å². The molecule has 1 aromatic heterocycles. The summed E-state index contributed by atoms with van der Waals surface area (Å²) in [6.07, 6.45) is 4.21. The number of nitrogens with one attached hydrogen (secondary N) is 1. The minimum atomic E-state index is -0.490. The molecule has 1 rings (SSSR count). The second kappa shape index (κ2) is 5.77. The van der Waals surface area contributed by atoms with Crippen LogP contribution in [0.1, 0.15) is 38.8 Å². The van der Waals surface area contributed by atoms with Crippen molar-refractivity contribution < 1.29 is 4.79 Å². The molecular weight excluding hydrogens is 214 g/mol.